The Morgan fingerprint density at radius 3 is 2.56 bits per heavy atom. The van der Waals surface area contributed by atoms with Crippen molar-refractivity contribution >= 4 is 23.2 Å². The van der Waals surface area contributed by atoms with Crippen molar-refractivity contribution in [3.63, 3.8) is 0 Å². The van der Waals surface area contributed by atoms with Crippen LogP contribution in [0.4, 0.5) is 0 Å². The zero-order chi connectivity index (χ0) is 18.8. The largest absolute Gasteiger partial charge is 0.364 e. The number of carbonyl (C=O) groups is 2. The lowest BCUT2D eigenvalue weighted by Gasteiger charge is -2.31. The summed E-state index contributed by atoms with van der Waals surface area (Å²) in [7, 11) is 0. The lowest BCUT2D eigenvalue weighted by Crippen LogP contribution is -2.38. The van der Waals surface area contributed by atoms with Gasteiger partial charge in [0, 0.05) is 35.6 Å². The number of benzene rings is 1. The van der Waals surface area contributed by atoms with Crippen molar-refractivity contribution in [2.24, 2.45) is 5.73 Å². The van der Waals surface area contributed by atoms with Crippen molar-refractivity contribution in [3.05, 3.63) is 58.9 Å². The second-order valence-corrected chi connectivity index (χ2v) is 7.40. The van der Waals surface area contributed by atoms with Crippen LogP contribution in [-0.4, -0.2) is 45.0 Å². The van der Waals surface area contributed by atoms with Gasteiger partial charge in [0.1, 0.15) is 16.4 Å². The topological polar surface area (TPSA) is 105 Å². The van der Waals surface area contributed by atoms with Crippen LogP contribution in [0.3, 0.4) is 0 Å². The van der Waals surface area contributed by atoms with Gasteiger partial charge in [0.2, 0.25) is 0 Å². The third-order valence-electron chi connectivity index (χ3n) is 4.82. The van der Waals surface area contributed by atoms with Gasteiger partial charge < -0.3 is 10.6 Å². The van der Waals surface area contributed by atoms with Gasteiger partial charge in [0.15, 0.2) is 0 Å². The zero-order valence-electron chi connectivity index (χ0n) is 14.6. The molecule has 27 heavy (non-hydrogen) atoms. The first-order valence-corrected chi connectivity index (χ1v) is 9.65. The number of amides is 2. The van der Waals surface area contributed by atoms with Crippen LogP contribution >= 0.6 is 11.3 Å². The molecule has 3 aromatic rings. The van der Waals surface area contributed by atoms with E-state index in [0.29, 0.717) is 18.8 Å². The standard InChI is InChI=1S/C19H19N5O2S/c20-17(25)15-10-14(22-23-15)12-6-8-24(9-7-12)19(26)16-11-27-18(21-16)13-4-2-1-3-5-13/h1-5,10-12H,6-9H2,(H2,20,25)(H,22,23). The molecule has 0 spiro atoms. The quantitative estimate of drug-likeness (QED) is 0.725. The smallest absolute Gasteiger partial charge is 0.273 e. The van der Waals surface area contributed by atoms with Gasteiger partial charge in [-0.15, -0.1) is 11.3 Å². The van der Waals surface area contributed by atoms with Crippen molar-refractivity contribution in [3.8, 4) is 10.6 Å². The first-order chi connectivity index (χ1) is 13.1. The van der Waals surface area contributed by atoms with Gasteiger partial charge in [-0.1, -0.05) is 30.3 Å². The summed E-state index contributed by atoms with van der Waals surface area (Å²) in [5.41, 5.74) is 7.91. The fraction of sp³-hybridized carbons (Fsp3) is 0.263. The molecule has 4 rings (SSSR count). The maximum Gasteiger partial charge on any atom is 0.273 e. The number of nitrogens with one attached hydrogen (secondary N) is 1. The highest BCUT2D eigenvalue weighted by molar-refractivity contribution is 7.13. The van der Waals surface area contributed by atoms with E-state index >= 15 is 0 Å². The maximum atomic E-state index is 12.8. The molecule has 2 aromatic heterocycles. The molecule has 0 atom stereocenters. The number of H-pyrrole nitrogens is 1. The Bertz CT molecular complexity index is 957. The van der Waals surface area contributed by atoms with Crippen molar-refractivity contribution in [1.82, 2.24) is 20.1 Å². The second-order valence-electron chi connectivity index (χ2n) is 6.54. The van der Waals surface area contributed by atoms with Crippen LogP contribution in [-0.2, 0) is 0 Å². The summed E-state index contributed by atoms with van der Waals surface area (Å²) in [6, 6.07) is 11.6. The van der Waals surface area contributed by atoms with Crippen molar-refractivity contribution in [2.75, 3.05) is 13.1 Å². The molecule has 138 valence electrons. The Morgan fingerprint density at radius 2 is 1.89 bits per heavy atom. The zero-order valence-corrected chi connectivity index (χ0v) is 15.4. The van der Waals surface area contributed by atoms with E-state index in [9.17, 15) is 9.59 Å². The molecular formula is C19H19N5O2S. The maximum absolute atomic E-state index is 12.8. The highest BCUT2D eigenvalue weighted by atomic mass is 32.1. The predicted octanol–water partition coefficient (Wildman–Crippen LogP) is 2.65. The number of rotatable bonds is 4. The lowest BCUT2D eigenvalue weighted by atomic mass is 9.93. The highest BCUT2D eigenvalue weighted by Crippen LogP contribution is 2.29. The van der Waals surface area contributed by atoms with Gasteiger partial charge in [0.25, 0.3) is 11.8 Å². The number of aromatic nitrogens is 3. The van der Waals surface area contributed by atoms with Crippen molar-refractivity contribution in [2.45, 2.75) is 18.8 Å². The Labute approximate surface area is 160 Å². The fourth-order valence-corrected chi connectivity index (χ4v) is 4.11. The first-order valence-electron chi connectivity index (χ1n) is 8.77. The van der Waals surface area contributed by atoms with E-state index in [1.807, 2.05) is 40.6 Å². The molecule has 1 aromatic carbocycles. The number of nitrogens with zero attached hydrogens (tertiary/aromatic N) is 3. The van der Waals surface area contributed by atoms with Gasteiger partial charge in [0.05, 0.1) is 0 Å². The number of likely N-dealkylation sites (tertiary alicyclic amines) is 1. The van der Waals surface area contributed by atoms with Crippen LogP contribution in [0, 0.1) is 0 Å². The van der Waals surface area contributed by atoms with Crippen LogP contribution in [0.25, 0.3) is 10.6 Å². The van der Waals surface area contributed by atoms with Crippen LogP contribution in [0.5, 0.6) is 0 Å². The third-order valence-corrected chi connectivity index (χ3v) is 5.71. The summed E-state index contributed by atoms with van der Waals surface area (Å²) in [4.78, 5) is 30.3. The molecule has 0 saturated carbocycles. The van der Waals surface area contributed by atoms with E-state index in [-0.39, 0.29) is 17.5 Å². The van der Waals surface area contributed by atoms with Gasteiger partial charge in [-0.3, -0.25) is 14.7 Å². The Balaban J connectivity index is 1.40. The molecule has 1 fully saturated rings. The molecule has 0 bridgehead atoms. The number of thiazole rings is 1. The minimum absolute atomic E-state index is 0.0330. The van der Waals surface area contributed by atoms with Crippen molar-refractivity contribution < 1.29 is 9.59 Å². The number of hydrogen-bond donors (Lipinski definition) is 2. The van der Waals surface area contributed by atoms with E-state index in [2.05, 4.69) is 15.2 Å². The van der Waals surface area contributed by atoms with Crippen LogP contribution in [0.15, 0.2) is 41.8 Å². The number of hydrogen-bond acceptors (Lipinski definition) is 5. The number of aromatic amines is 1. The van der Waals surface area contributed by atoms with Gasteiger partial charge in [-0.25, -0.2) is 4.98 Å². The summed E-state index contributed by atoms with van der Waals surface area (Å²) in [6.45, 7) is 1.29. The molecule has 2 amide bonds. The van der Waals surface area contributed by atoms with E-state index in [0.717, 1.165) is 29.1 Å². The third kappa shape index (κ3) is 3.61. The highest BCUT2D eigenvalue weighted by Gasteiger charge is 2.27. The van der Waals surface area contributed by atoms with E-state index in [4.69, 9.17) is 5.73 Å². The van der Waals surface area contributed by atoms with E-state index in [1.54, 1.807) is 6.07 Å². The van der Waals surface area contributed by atoms with E-state index < -0.39 is 5.91 Å². The minimum Gasteiger partial charge on any atom is -0.364 e. The summed E-state index contributed by atoms with van der Waals surface area (Å²) in [6.07, 6.45) is 1.61. The molecule has 1 aliphatic heterocycles. The average Bonchev–Trinajstić information content (AvgIpc) is 3.38. The molecule has 0 radical (unpaired) electrons. The normalized spacial score (nSPS) is 15.0. The monoisotopic (exact) mass is 381 g/mol. The molecule has 1 aliphatic rings. The SMILES string of the molecule is NC(=O)c1cc(C2CCN(C(=O)c3csc(-c4ccccc4)n3)CC2)[nH]n1. The average molecular weight is 381 g/mol. The number of primary amides is 1. The summed E-state index contributed by atoms with van der Waals surface area (Å²) in [5, 5.41) is 9.50. The number of piperidine rings is 1. The van der Waals surface area contributed by atoms with Crippen LogP contribution < -0.4 is 5.73 Å². The molecule has 3 N–H and O–H groups in total. The summed E-state index contributed by atoms with van der Waals surface area (Å²) < 4.78 is 0. The molecule has 0 aliphatic carbocycles. The molecule has 7 nitrogen and oxygen atoms in total. The molecule has 3 heterocycles. The van der Waals surface area contributed by atoms with Gasteiger partial charge in [-0.05, 0) is 18.9 Å². The second kappa shape index (κ2) is 7.32. The van der Waals surface area contributed by atoms with Gasteiger partial charge in [-0.2, -0.15) is 5.10 Å². The minimum atomic E-state index is -0.539. The molecule has 1 saturated heterocycles. The first kappa shape index (κ1) is 17.4. The fourth-order valence-electron chi connectivity index (χ4n) is 3.31. The predicted molar refractivity (Wildman–Crippen MR) is 103 cm³/mol. The number of carbonyl (C=O) groups excluding carboxylic acids is 2. The Hall–Kier alpha value is -3.00. The molecular weight excluding hydrogens is 362 g/mol. The Kier molecular flexibility index (Phi) is 4.72. The number of nitrogens with two attached hydrogens (primary N) is 1. The molecule has 0 unspecified atom stereocenters. The van der Waals surface area contributed by atoms with Crippen LogP contribution in [0.1, 0.15) is 45.4 Å². The van der Waals surface area contributed by atoms with Gasteiger partial charge >= 0.3 is 0 Å². The Morgan fingerprint density at radius 1 is 1.15 bits per heavy atom. The van der Waals surface area contributed by atoms with Crippen molar-refractivity contribution in [1.29, 1.82) is 0 Å². The summed E-state index contributed by atoms with van der Waals surface area (Å²) in [5.74, 6) is -0.331. The summed E-state index contributed by atoms with van der Waals surface area (Å²) >= 11 is 1.48. The van der Waals surface area contributed by atoms with Crippen LogP contribution in [0.2, 0.25) is 0 Å². The van der Waals surface area contributed by atoms with E-state index in [1.165, 1.54) is 11.3 Å². The lowest BCUT2D eigenvalue weighted by molar-refractivity contribution is 0.0707. The molecule has 8 heteroatoms.